The van der Waals surface area contributed by atoms with Crippen LogP contribution in [-0.2, 0) is 16.7 Å². The Morgan fingerprint density at radius 1 is 0.931 bits per heavy atom. The highest BCUT2D eigenvalue weighted by Gasteiger charge is 2.33. The number of hydrogen-bond donors (Lipinski definition) is 0. The number of fused-ring (bicyclic) bond motifs is 1. The zero-order valence-corrected chi connectivity index (χ0v) is 16.0. The van der Waals surface area contributed by atoms with E-state index in [1.54, 1.807) is 24.3 Å². The molecule has 1 fully saturated rings. The molecule has 1 aliphatic rings. The molecule has 2 aromatic carbocycles. The normalized spacial score (nSPS) is 16.3. The van der Waals surface area contributed by atoms with Crippen LogP contribution in [0.1, 0.15) is 0 Å². The molecule has 0 unspecified atom stereocenters. The number of hydrogen-bond acceptors (Lipinski definition) is 6. The largest absolute Gasteiger partial charge is 0.282 e. The number of nitrogens with zero attached hydrogens (tertiary/aromatic N) is 5. The van der Waals surface area contributed by atoms with E-state index in [4.69, 9.17) is 0 Å². The van der Waals surface area contributed by atoms with Crippen LogP contribution in [0.2, 0.25) is 0 Å². The minimum absolute atomic E-state index is 0.0336. The van der Waals surface area contributed by atoms with Gasteiger partial charge in [-0.25, -0.2) is 17.2 Å². The molecule has 0 spiro atoms. The van der Waals surface area contributed by atoms with E-state index in [2.05, 4.69) is 10.3 Å². The summed E-state index contributed by atoms with van der Waals surface area (Å²) >= 11 is 0. The van der Waals surface area contributed by atoms with Crippen LogP contribution < -0.4 is 5.56 Å². The fraction of sp³-hybridized carbons (Fsp3) is 0.278. The van der Waals surface area contributed by atoms with Gasteiger partial charge in [0.1, 0.15) is 17.2 Å². The van der Waals surface area contributed by atoms with E-state index in [0.29, 0.717) is 10.9 Å². The van der Waals surface area contributed by atoms with Gasteiger partial charge in [-0.1, -0.05) is 23.4 Å². The lowest BCUT2D eigenvalue weighted by molar-refractivity contribution is 0.141. The fourth-order valence-electron chi connectivity index (χ4n) is 3.27. The van der Waals surface area contributed by atoms with Crippen LogP contribution in [0.25, 0.3) is 10.9 Å². The van der Waals surface area contributed by atoms with Crippen molar-refractivity contribution in [3.05, 3.63) is 64.5 Å². The Morgan fingerprint density at radius 3 is 2.28 bits per heavy atom. The van der Waals surface area contributed by atoms with Gasteiger partial charge in [0.15, 0.2) is 4.90 Å². The van der Waals surface area contributed by atoms with E-state index in [9.17, 15) is 22.0 Å². The maximum absolute atomic E-state index is 13.9. The quantitative estimate of drug-likeness (QED) is 0.625. The summed E-state index contributed by atoms with van der Waals surface area (Å²) in [5, 5.41) is 8.38. The van der Waals surface area contributed by atoms with Crippen LogP contribution in [0.5, 0.6) is 0 Å². The summed E-state index contributed by atoms with van der Waals surface area (Å²) in [5.74, 6) is -2.24. The van der Waals surface area contributed by atoms with Gasteiger partial charge in [-0.15, -0.1) is 5.10 Å². The van der Waals surface area contributed by atoms with Crippen LogP contribution in [-0.4, -0.2) is 58.8 Å². The topological polar surface area (TPSA) is 88.4 Å². The number of halogens is 2. The summed E-state index contributed by atoms with van der Waals surface area (Å²) in [6.45, 7) is 0.753. The highest BCUT2D eigenvalue weighted by Crippen LogP contribution is 2.23. The first-order valence-electron chi connectivity index (χ1n) is 8.87. The fourth-order valence-corrected chi connectivity index (χ4v) is 4.81. The van der Waals surface area contributed by atoms with Crippen LogP contribution in [0.4, 0.5) is 8.78 Å². The lowest BCUT2D eigenvalue weighted by atomic mass is 10.2. The molecule has 11 heteroatoms. The first-order valence-corrected chi connectivity index (χ1v) is 10.3. The minimum atomic E-state index is -4.30. The highest BCUT2D eigenvalue weighted by atomic mass is 32.2. The number of aromatic nitrogens is 3. The Hall–Kier alpha value is -2.76. The molecule has 0 radical (unpaired) electrons. The molecule has 0 saturated carbocycles. The summed E-state index contributed by atoms with van der Waals surface area (Å²) in [6, 6.07) is 9.80. The van der Waals surface area contributed by atoms with Gasteiger partial charge in [0.05, 0.1) is 12.1 Å². The lowest BCUT2D eigenvalue weighted by Gasteiger charge is -2.33. The molecule has 1 aliphatic heterocycles. The summed E-state index contributed by atoms with van der Waals surface area (Å²) < 4.78 is 55.4. The number of sulfonamides is 1. The maximum atomic E-state index is 13.9. The molecule has 1 aromatic heterocycles. The molecule has 0 atom stereocenters. The molecule has 29 heavy (non-hydrogen) atoms. The molecule has 152 valence electrons. The summed E-state index contributed by atoms with van der Waals surface area (Å²) in [5.41, 5.74) is 0.204. The van der Waals surface area contributed by atoms with E-state index < -0.39 is 26.6 Å². The number of benzene rings is 2. The van der Waals surface area contributed by atoms with Crippen molar-refractivity contribution in [2.75, 3.05) is 26.2 Å². The molecule has 0 amide bonds. The Morgan fingerprint density at radius 2 is 1.59 bits per heavy atom. The van der Waals surface area contributed by atoms with Crippen LogP contribution in [0.15, 0.2) is 52.2 Å². The summed E-state index contributed by atoms with van der Waals surface area (Å²) in [6.07, 6.45) is 0. The Bertz CT molecular complexity index is 1200. The maximum Gasteiger partial charge on any atom is 0.278 e. The Kier molecular flexibility index (Phi) is 5.11. The molecule has 1 saturated heterocycles. The van der Waals surface area contributed by atoms with Crippen molar-refractivity contribution in [1.82, 2.24) is 24.2 Å². The zero-order chi connectivity index (χ0) is 20.6. The van der Waals surface area contributed by atoms with Gasteiger partial charge < -0.3 is 0 Å². The molecule has 0 bridgehead atoms. The Labute approximate surface area is 165 Å². The van der Waals surface area contributed by atoms with Crippen molar-refractivity contribution in [3.8, 4) is 0 Å². The van der Waals surface area contributed by atoms with E-state index >= 15 is 0 Å². The molecule has 4 rings (SSSR count). The van der Waals surface area contributed by atoms with E-state index in [-0.39, 0.29) is 38.4 Å². The monoisotopic (exact) mass is 421 g/mol. The van der Waals surface area contributed by atoms with Crippen molar-refractivity contribution in [1.29, 1.82) is 0 Å². The molecule has 2 heterocycles. The minimum Gasteiger partial charge on any atom is -0.282 e. The third-order valence-corrected chi connectivity index (χ3v) is 6.76. The van der Waals surface area contributed by atoms with Gasteiger partial charge in [0.25, 0.3) is 5.56 Å². The highest BCUT2D eigenvalue weighted by molar-refractivity contribution is 7.89. The van der Waals surface area contributed by atoms with Gasteiger partial charge in [-0.2, -0.15) is 8.99 Å². The molecule has 0 aliphatic carbocycles. The third kappa shape index (κ3) is 3.63. The second-order valence-electron chi connectivity index (χ2n) is 6.63. The summed E-state index contributed by atoms with van der Waals surface area (Å²) in [4.78, 5) is 13.4. The average Bonchev–Trinajstić information content (AvgIpc) is 2.70. The van der Waals surface area contributed by atoms with Gasteiger partial charge in [0.2, 0.25) is 10.0 Å². The average molecular weight is 421 g/mol. The standard InChI is InChI=1S/C18H17F2N5O3S/c19-14-5-3-6-15(20)17(14)29(27,28)24-10-8-23(9-11-24)12-25-18(26)13-4-1-2-7-16(13)21-22-25/h1-7H,8-12H2. The van der Waals surface area contributed by atoms with E-state index in [0.717, 1.165) is 22.5 Å². The van der Waals surface area contributed by atoms with Crippen molar-refractivity contribution in [2.24, 2.45) is 0 Å². The molecular weight excluding hydrogens is 404 g/mol. The lowest BCUT2D eigenvalue weighted by Crippen LogP contribution is -2.50. The third-order valence-electron chi connectivity index (χ3n) is 4.81. The summed E-state index contributed by atoms with van der Waals surface area (Å²) in [7, 11) is -4.30. The SMILES string of the molecule is O=c1c2ccccc2nnn1CN1CCN(S(=O)(=O)c2c(F)cccc2F)CC1. The van der Waals surface area contributed by atoms with E-state index in [1.165, 1.54) is 4.68 Å². The molecule has 0 N–H and O–H groups in total. The van der Waals surface area contributed by atoms with Crippen molar-refractivity contribution in [2.45, 2.75) is 11.6 Å². The van der Waals surface area contributed by atoms with Gasteiger partial charge in [-0.05, 0) is 24.3 Å². The van der Waals surface area contributed by atoms with E-state index in [1.807, 2.05) is 4.90 Å². The Balaban J connectivity index is 1.49. The van der Waals surface area contributed by atoms with Gasteiger partial charge in [-0.3, -0.25) is 9.69 Å². The second kappa shape index (κ2) is 7.58. The molecular formula is C18H17F2N5O3S. The van der Waals surface area contributed by atoms with Gasteiger partial charge in [0, 0.05) is 26.2 Å². The first-order chi connectivity index (χ1) is 13.9. The first kappa shape index (κ1) is 19.6. The predicted octanol–water partition coefficient (Wildman–Crippen LogP) is 1.03. The second-order valence-corrected chi connectivity index (χ2v) is 8.50. The van der Waals surface area contributed by atoms with Crippen LogP contribution in [0.3, 0.4) is 0 Å². The smallest absolute Gasteiger partial charge is 0.278 e. The van der Waals surface area contributed by atoms with Crippen LogP contribution >= 0.6 is 0 Å². The zero-order valence-electron chi connectivity index (χ0n) is 15.2. The van der Waals surface area contributed by atoms with Crippen molar-refractivity contribution >= 4 is 20.9 Å². The number of rotatable bonds is 4. The van der Waals surface area contributed by atoms with Crippen molar-refractivity contribution < 1.29 is 17.2 Å². The number of piperazine rings is 1. The molecule has 3 aromatic rings. The van der Waals surface area contributed by atoms with Gasteiger partial charge >= 0.3 is 0 Å². The predicted molar refractivity (Wildman–Crippen MR) is 100 cm³/mol. The van der Waals surface area contributed by atoms with Crippen LogP contribution in [0, 0.1) is 11.6 Å². The molecule has 8 nitrogen and oxygen atoms in total. The van der Waals surface area contributed by atoms with Crippen molar-refractivity contribution in [3.63, 3.8) is 0 Å².